The van der Waals surface area contributed by atoms with Crippen LogP contribution in [0, 0.1) is 0 Å². The number of rotatable bonds is 2. The Morgan fingerprint density at radius 2 is 1.11 bits per heavy atom. The van der Waals surface area contributed by atoms with Crippen LogP contribution >= 0.6 is 0 Å². The topological polar surface area (TPSA) is 0 Å². The summed E-state index contributed by atoms with van der Waals surface area (Å²) in [5, 5.41) is 0. The Labute approximate surface area is 131 Å². The Bertz CT molecular complexity index is 118. The first-order valence-corrected chi connectivity index (χ1v) is 7.25. The smallest absolute Gasteiger partial charge is 0 e. The van der Waals surface area contributed by atoms with Crippen molar-refractivity contribution < 1.29 is 18.6 Å². The molecule has 1 radical (unpaired) electrons. The summed E-state index contributed by atoms with van der Waals surface area (Å²) in [6.45, 7) is 22.0. The summed E-state index contributed by atoms with van der Waals surface area (Å²) in [4.78, 5) is 0. The van der Waals surface area contributed by atoms with Crippen LogP contribution in [-0.4, -0.2) is 0 Å². The second kappa shape index (κ2) is 90.3. The third kappa shape index (κ3) is 236. The fourth-order valence-corrected chi connectivity index (χ4v) is 0.272. The first kappa shape index (κ1) is 36.1. The average Bonchev–Trinajstić information content (AvgIpc) is 2.37. The van der Waals surface area contributed by atoms with Gasteiger partial charge in [0.2, 0.25) is 0 Å². The minimum absolute atomic E-state index is 0. The second-order valence-corrected chi connectivity index (χ2v) is 2.62. The summed E-state index contributed by atoms with van der Waals surface area (Å²) in [6, 6.07) is 0. The van der Waals surface area contributed by atoms with E-state index in [1.54, 1.807) is 6.08 Å². The fraction of sp³-hybridized carbons (Fsp3) is 0.706. The Hall–Kier alpha value is -0.156. The molecule has 0 unspecified atom stereocenters. The summed E-state index contributed by atoms with van der Waals surface area (Å²) < 4.78 is 0. The van der Waals surface area contributed by atoms with Crippen LogP contribution in [0.1, 0.15) is 81.6 Å². The molecule has 0 N–H and O–H groups in total. The SMILES string of the molecule is C=C=C/C=C\CC.CC.CC.CCC.CCC.[V]. The van der Waals surface area contributed by atoms with Gasteiger partial charge in [-0.25, -0.2) is 0 Å². The van der Waals surface area contributed by atoms with Crippen molar-refractivity contribution in [1.82, 2.24) is 0 Å². The molecule has 0 saturated carbocycles. The quantitative estimate of drug-likeness (QED) is 0.374. The molecule has 0 amide bonds. The molecule has 0 rings (SSSR count). The Kier molecular flexibility index (Phi) is 181. The zero-order valence-electron chi connectivity index (χ0n) is 14.5. The monoisotopic (exact) mass is 293 g/mol. The van der Waals surface area contributed by atoms with Gasteiger partial charge in [0.05, 0.1) is 0 Å². The molecule has 0 aliphatic rings. The van der Waals surface area contributed by atoms with E-state index in [0.29, 0.717) is 0 Å². The van der Waals surface area contributed by atoms with E-state index in [1.807, 2.05) is 33.8 Å². The van der Waals surface area contributed by atoms with Crippen molar-refractivity contribution in [1.29, 1.82) is 0 Å². The van der Waals surface area contributed by atoms with Crippen molar-refractivity contribution in [3.63, 3.8) is 0 Å². The van der Waals surface area contributed by atoms with Gasteiger partial charge >= 0.3 is 0 Å². The van der Waals surface area contributed by atoms with Gasteiger partial charge in [-0.2, -0.15) is 0 Å². The van der Waals surface area contributed by atoms with E-state index in [2.05, 4.69) is 53.0 Å². The Morgan fingerprint density at radius 3 is 1.28 bits per heavy atom. The minimum Gasteiger partial charge on any atom is -0.129 e. The van der Waals surface area contributed by atoms with Gasteiger partial charge in [0.15, 0.2) is 0 Å². The zero-order valence-corrected chi connectivity index (χ0v) is 15.9. The maximum atomic E-state index is 3.40. The maximum Gasteiger partial charge on any atom is 0 e. The standard InChI is InChI=1S/C7H10.2C3H8.2C2H6.V/c1-3-5-7-6-4-2;2*1-3-2;2*1-2;/h5-7H,1,4H2,2H3;2*3H2,1-2H3;2*1-2H3;/b7-6-;;;;;. The summed E-state index contributed by atoms with van der Waals surface area (Å²) in [7, 11) is 0. The van der Waals surface area contributed by atoms with Gasteiger partial charge in [0.1, 0.15) is 0 Å². The Morgan fingerprint density at radius 1 is 0.833 bits per heavy atom. The summed E-state index contributed by atoms with van der Waals surface area (Å²) in [6.07, 6.45) is 9.37. The predicted octanol–water partition coefficient (Wildman–Crippen LogP) is 7.18. The molecule has 0 aromatic heterocycles. The molecule has 0 nitrogen and oxygen atoms in total. The summed E-state index contributed by atoms with van der Waals surface area (Å²) >= 11 is 0. The molecule has 0 saturated heterocycles. The van der Waals surface area contributed by atoms with E-state index in [0.717, 1.165) is 6.42 Å². The summed E-state index contributed by atoms with van der Waals surface area (Å²) in [5.41, 5.74) is 2.64. The third-order valence-electron chi connectivity index (χ3n) is 0.586. The van der Waals surface area contributed by atoms with E-state index in [4.69, 9.17) is 0 Å². The molecular formula is C17H38V. The van der Waals surface area contributed by atoms with Gasteiger partial charge < -0.3 is 0 Å². The van der Waals surface area contributed by atoms with Crippen LogP contribution in [0.25, 0.3) is 0 Å². The molecule has 0 atom stereocenters. The molecule has 0 spiro atoms. The first-order chi connectivity index (χ1) is 8.24. The average molecular weight is 293 g/mol. The van der Waals surface area contributed by atoms with E-state index in [-0.39, 0.29) is 18.6 Å². The van der Waals surface area contributed by atoms with Crippen LogP contribution in [-0.2, 0) is 18.6 Å². The molecule has 0 aliphatic heterocycles. The third-order valence-corrected chi connectivity index (χ3v) is 0.586. The largest absolute Gasteiger partial charge is 0.129 e. The molecular weight excluding hydrogens is 255 g/mol. The normalized spacial score (nSPS) is 6.06. The van der Waals surface area contributed by atoms with Crippen molar-refractivity contribution in [3.8, 4) is 0 Å². The van der Waals surface area contributed by atoms with E-state index < -0.39 is 0 Å². The fourth-order valence-electron chi connectivity index (χ4n) is 0.272. The maximum absolute atomic E-state index is 3.40. The van der Waals surface area contributed by atoms with Gasteiger partial charge in [-0.1, -0.05) is 93.9 Å². The van der Waals surface area contributed by atoms with Crippen LogP contribution in [0.3, 0.4) is 0 Å². The van der Waals surface area contributed by atoms with Gasteiger partial charge in [-0.05, 0) is 12.5 Å². The number of hydrogen-bond acceptors (Lipinski definition) is 0. The summed E-state index contributed by atoms with van der Waals surface area (Å²) in [5.74, 6) is 0. The van der Waals surface area contributed by atoms with Crippen molar-refractivity contribution in [2.24, 2.45) is 0 Å². The van der Waals surface area contributed by atoms with Crippen LogP contribution < -0.4 is 0 Å². The van der Waals surface area contributed by atoms with E-state index in [9.17, 15) is 0 Å². The van der Waals surface area contributed by atoms with Crippen LogP contribution in [0.5, 0.6) is 0 Å². The second-order valence-electron chi connectivity index (χ2n) is 2.62. The number of hydrogen-bond donors (Lipinski definition) is 0. The van der Waals surface area contributed by atoms with Crippen LogP contribution in [0.2, 0.25) is 0 Å². The van der Waals surface area contributed by atoms with E-state index >= 15 is 0 Å². The minimum atomic E-state index is 0. The molecule has 0 heterocycles. The Balaban J connectivity index is -0.0000000281. The molecule has 0 bridgehead atoms. The van der Waals surface area contributed by atoms with Crippen molar-refractivity contribution >= 4 is 0 Å². The molecule has 1 heteroatoms. The molecule has 18 heavy (non-hydrogen) atoms. The number of allylic oxidation sites excluding steroid dienone is 3. The van der Waals surface area contributed by atoms with E-state index in [1.165, 1.54) is 12.8 Å². The van der Waals surface area contributed by atoms with Crippen molar-refractivity contribution in [3.05, 3.63) is 30.5 Å². The van der Waals surface area contributed by atoms with Crippen LogP contribution in [0.15, 0.2) is 30.5 Å². The first-order valence-electron chi connectivity index (χ1n) is 7.25. The zero-order chi connectivity index (χ0) is 14.9. The van der Waals surface area contributed by atoms with Gasteiger partial charge in [-0.3, -0.25) is 0 Å². The van der Waals surface area contributed by atoms with Crippen molar-refractivity contribution in [2.45, 2.75) is 81.6 Å². The molecule has 0 aromatic carbocycles. The van der Waals surface area contributed by atoms with Crippen LogP contribution in [0.4, 0.5) is 0 Å². The van der Waals surface area contributed by atoms with Gasteiger partial charge in [-0.15, -0.1) is 5.73 Å². The van der Waals surface area contributed by atoms with Gasteiger partial charge in [0, 0.05) is 18.6 Å². The predicted molar refractivity (Wildman–Crippen MR) is 87.8 cm³/mol. The van der Waals surface area contributed by atoms with Crippen molar-refractivity contribution in [2.75, 3.05) is 0 Å². The molecule has 0 aromatic rings. The molecule has 111 valence electrons. The molecule has 0 fully saturated rings. The molecule has 0 aliphatic carbocycles. The van der Waals surface area contributed by atoms with Gasteiger partial charge in [0.25, 0.3) is 0 Å².